The number of rotatable bonds is 4. The lowest BCUT2D eigenvalue weighted by Gasteiger charge is -2.29. The Hall–Kier alpha value is -3.48. The standard InChI is InChI=1S/C22H22N4O3/c1-15-21(26(28)29)16(2)25(23-15)13-17-7-9-19(10-8-17)22(27)24-12-11-18-5-3-4-6-20(18)14-24/h3-10H,11-14H2,1-2H3. The van der Waals surface area contributed by atoms with Crippen molar-refractivity contribution in [2.24, 2.45) is 0 Å². The summed E-state index contributed by atoms with van der Waals surface area (Å²) in [6.45, 7) is 5.11. The van der Waals surface area contributed by atoms with E-state index in [1.165, 1.54) is 11.1 Å². The van der Waals surface area contributed by atoms with Crippen LogP contribution in [0, 0.1) is 24.0 Å². The second-order valence-corrected chi connectivity index (χ2v) is 7.38. The molecule has 0 spiro atoms. The average molecular weight is 390 g/mol. The highest BCUT2D eigenvalue weighted by atomic mass is 16.6. The normalized spacial score (nSPS) is 13.2. The van der Waals surface area contributed by atoms with Crippen LogP contribution < -0.4 is 0 Å². The number of nitrogens with zero attached hydrogens (tertiary/aromatic N) is 4. The topological polar surface area (TPSA) is 81.3 Å². The predicted molar refractivity (Wildman–Crippen MR) is 109 cm³/mol. The lowest BCUT2D eigenvalue weighted by Crippen LogP contribution is -2.35. The van der Waals surface area contributed by atoms with Gasteiger partial charge in [0.25, 0.3) is 5.91 Å². The number of carbonyl (C=O) groups is 1. The van der Waals surface area contributed by atoms with Gasteiger partial charge in [-0.15, -0.1) is 0 Å². The van der Waals surface area contributed by atoms with Crippen molar-refractivity contribution in [2.75, 3.05) is 6.54 Å². The molecule has 2 aromatic carbocycles. The Balaban J connectivity index is 1.48. The van der Waals surface area contributed by atoms with Crippen LogP contribution in [0.4, 0.5) is 5.69 Å². The monoisotopic (exact) mass is 390 g/mol. The predicted octanol–water partition coefficient (Wildman–Crippen LogP) is 3.65. The van der Waals surface area contributed by atoms with Gasteiger partial charge in [-0.25, -0.2) is 0 Å². The van der Waals surface area contributed by atoms with E-state index in [0.29, 0.717) is 36.6 Å². The number of aryl methyl sites for hydroxylation is 1. The fourth-order valence-corrected chi connectivity index (χ4v) is 3.88. The van der Waals surface area contributed by atoms with Gasteiger partial charge < -0.3 is 4.90 Å². The SMILES string of the molecule is Cc1nn(Cc2ccc(C(=O)N3CCc4ccccc4C3)cc2)c(C)c1[N+](=O)[O-]. The largest absolute Gasteiger partial charge is 0.334 e. The summed E-state index contributed by atoms with van der Waals surface area (Å²) in [6.07, 6.45) is 0.872. The van der Waals surface area contributed by atoms with Crippen LogP contribution in [0.1, 0.15) is 38.4 Å². The second-order valence-electron chi connectivity index (χ2n) is 7.38. The second kappa shape index (κ2) is 7.50. The van der Waals surface area contributed by atoms with Crippen LogP contribution in [0.25, 0.3) is 0 Å². The molecule has 0 saturated carbocycles. The van der Waals surface area contributed by atoms with Gasteiger partial charge in [0.05, 0.1) is 11.5 Å². The highest BCUT2D eigenvalue weighted by Gasteiger charge is 2.23. The Morgan fingerprint density at radius 3 is 2.45 bits per heavy atom. The molecule has 1 aliphatic rings. The molecular weight excluding hydrogens is 368 g/mol. The summed E-state index contributed by atoms with van der Waals surface area (Å²) in [5.41, 5.74) is 5.09. The van der Waals surface area contributed by atoms with Crippen molar-refractivity contribution < 1.29 is 9.72 Å². The van der Waals surface area contributed by atoms with E-state index in [9.17, 15) is 14.9 Å². The number of hydrogen-bond donors (Lipinski definition) is 0. The van der Waals surface area contributed by atoms with Crippen molar-refractivity contribution in [3.05, 3.63) is 92.3 Å². The maximum Gasteiger partial charge on any atom is 0.312 e. The number of benzene rings is 2. The van der Waals surface area contributed by atoms with Crippen molar-refractivity contribution in [1.29, 1.82) is 0 Å². The van der Waals surface area contributed by atoms with Gasteiger partial charge >= 0.3 is 5.69 Å². The third-order valence-electron chi connectivity index (χ3n) is 5.48. The molecule has 1 aliphatic heterocycles. The van der Waals surface area contributed by atoms with E-state index in [2.05, 4.69) is 17.2 Å². The molecule has 7 nitrogen and oxygen atoms in total. The molecule has 0 bridgehead atoms. The van der Waals surface area contributed by atoms with Crippen LogP contribution in [0.5, 0.6) is 0 Å². The summed E-state index contributed by atoms with van der Waals surface area (Å²) in [7, 11) is 0. The molecule has 0 fully saturated rings. The summed E-state index contributed by atoms with van der Waals surface area (Å²) in [5.74, 6) is 0.0211. The highest BCUT2D eigenvalue weighted by Crippen LogP contribution is 2.23. The lowest BCUT2D eigenvalue weighted by molar-refractivity contribution is -0.386. The quantitative estimate of drug-likeness (QED) is 0.503. The van der Waals surface area contributed by atoms with Crippen LogP contribution >= 0.6 is 0 Å². The average Bonchev–Trinajstić information content (AvgIpc) is 3.00. The van der Waals surface area contributed by atoms with Gasteiger partial charge in [0.2, 0.25) is 0 Å². The molecule has 0 radical (unpaired) electrons. The molecule has 148 valence electrons. The van der Waals surface area contributed by atoms with Crippen LogP contribution in [0.2, 0.25) is 0 Å². The molecule has 4 rings (SSSR count). The zero-order valence-electron chi connectivity index (χ0n) is 16.5. The number of nitro groups is 1. The lowest BCUT2D eigenvalue weighted by atomic mass is 9.99. The number of hydrogen-bond acceptors (Lipinski definition) is 4. The van der Waals surface area contributed by atoms with E-state index < -0.39 is 4.92 Å². The van der Waals surface area contributed by atoms with Crippen LogP contribution in [0.3, 0.4) is 0 Å². The van der Waals surface area contributed by atoms with Crippen molar-refractivity contribution in [3.8, 4) is 0 Å². The first-order valence-electron chi connectivity index (χ1n) is 9.57. The third kappa shape index (κ3) is 3.63. The van der Waals surface area contributed by atoms with Crippen LogP contribution in [-0.2, 0) is 19.5 Å². The summed E-state index contributed by atoms with van der Waals surface area (Å²) < 4.78 is 1.63. The van der Waals surface area contributed by atoms with Gasteiger partial charge in [-0.2, -0.15) is 5.10 Å². The minimum Gasteiger partial charge on any atom is -0.334 e. The van der Waals surface area contributed by atoms with E-state index >= 15 is 0 Å². The Morgan fingerprint density at radius 2 is 1.79 bits per heavy atom. The molecule has 0 saturated heterocycles. The number of aromatic nitrogens is 2. The number of carbonyl (C=O) groups excluding carboxylic acids is 1. The molecule has 3 aromatic rings. The van der Waals surface area contributed by atoms with E-state index in [0.717, 1.165) is 12.0 Å². The van der Waals surface area contributed by atoms with Gasteiger partial charge in [-0.1, -0.05) is 36.4 Å². The Labute approximate surface area is 168 Å². The van der Waals surface area contributed by atoms with E-state index in [-0.39, 0.29) is 11.6 Å². The molecule has 29 heavy (non-hydrogen) atoms. The fourth-order valence-electron chi connectivity index (χ4n) is 3.88. The van der Waals surface area contributed by atoms with Crippen LogP contribution in [-0.4, -0.2) is 32.1 Å². The van der Waals surface area contributed by atoms with E-state index in [1.807, 2.05) is 41.3 Å². The summed E-state index contributed by atoms with van der Waals surface area (Å²) >= 11 is 0. The number of fused-ring (bicyclic) bond motifs is 1. The molecule has 0 atom stereocenters. The van der Waals surface area contributed by atoms with Crippen molar-refractivity contribution in [2.45, 2.75) is 33.4 Å². The maximum absolute atomic E-state index is 12.9. The number of amides is 1. The molecule has 0 unspecified atom stereocenters. The van der Waals surface area contributed by atoms with Crippen molar-refractivity contribution >= 4 is 11.6 Å². The first-order chi connectivity index (χ1) is 13.9. The molecular formula is C22H22N4O3. The van der Waals surface area contributed by atoms with Crippen molar-refractivity contribution in [3.63, 3.8) is 0 Å². The zero-order chi connectivity index (χ0) is 20.5. The molecule has 1 amide bonds. The summed E-state index contributed by atoms with van der Waals surface area (Å²) in [5, 5.41) is 15.4. The maximum atomic E-state index is 12.9. The van der Waals surface area contributed by atoms with Gasteiger partial charge in [0, 0.05) is 18.7 Å². The smallest absolute Gasteiger partial charge is 0.312 e. The Bertz CT molecular complexity index is 1090. The Morgan fingerprint density at radius 1 is 1.10 bits per heavy atom. The van der Waals surface area contributed by atoms with Gasteiger partial charge in [0.1, 0.15) is 11.4 Å². The molecule has 0 aliphatic carbocycles. The van der Waals surface area contributed by atoms with Crippen LogP contribution in [0.15, 0.2) is 48.5 Å². The molecule has 7 heteroatoms. The van der Waals surface area contributed by atoms with Gasteiger partial charge in [0.15, 0.2) is 0 Å². The highest BCUT2D eigenvalue weighted by molar-refractivity contribution is 5.94. The van der Waals surface area contributed by atoms with Crippen molar-refractivity contribution in [1.82, 2.24) is 14.7 Å². The summed E-state index contributed by atoms with van der Waals surface area (Å²) in [4.78, 5) is 25.5. The minimum atomic E-state index is -0.396. The first-order valence-corrected chi connectivity index (χ1v) is 9.57. The van der Waals surface area contributed by atoms with Gasteiger partial charge in [-0.05, 0) is 49.1 Å². The molecule has 1 aromatic heterocycles. The molecule has 2 heterocycles. The third-order valence-corrected chi connectivity index (χ3v) is 5.48. The van der Waals surface area contributed by atoms with E-state index in [4.69, 9.17) is 0 Å². The molecule has 0 N–H and O–H groups in total. The zero-order valence-corrected chi connectivity index (χ0v) is 16.5. The fraction of sp³-hybridized carbons (Fsp3) is 0.273. The first kappa shape index (κ1) is 18.9. The van der Waals surface area contributed by atoms with E-state index in [1.54, 1.807) is 18.5 Å². The summed E-state index contributed by atoms with van der Waals surface area (Å²) in [6, 6.07) is 15.6. The Kier molecular flexibility index (Phi) is 4.88. The minimum absolute atomic E-state index is 0.0211. The van der Waals surface area contributed by atoms with Gasteiger partial charge in [-0.3, -0.25) is 19.6 Å².